The highest BCUT2D eigenvalue weighted by Gasteiger charge is 2.48. The summed E-state index contributed by atoms with van der Waals surface area (Å²) >= 11 is 0. The van der Waals surface area contributed by atoms with Crippen LogP contribution in [0, 0.1) is 0 Å². The summed E-state index contributed by atoms with van der Waals surface area (Å²) in [6.45, 7) is 3.57. The molecule has 2 aliphatic heterocycles. The molecule has 0 aromatic heterocycles. The molecule has 2 aromatic carbocycles. The molecule has 0 spiro atoms. The Balaban J connectivity index is 1.67. The van der Waals surface area contributed by atoms with Crippen LogP contribution in [-0.2, 0) is 25.6 Å². The minimum absolute atomic E-state index is 0.167. The molecule has 2 atom stereocenters. The predicted octanol–water partition coefficient (Wildman–Crippen LogP) is 2.57. The number of carbonyl (C=O) groups excluding carboxylic acids is 3. The maximum atomic E-state index is 13.5. The van der Waals surface area contributed by atoms with Crippen LogP contribution in [0.2, 0.25) is 0 Å². The summed E-state index contributed by atoms with van der Waals surface area (Å²) in [5.74, 6) is -0.368. The number of ether oxygens (including phenoxy) is 2. The second kappa shape index (κ2) is 9.18. The van der Waals surface area contributed by atoms with Gasteiger partial charge in [-0.2, -0.15) is 0 Å². The van der Waals surface area contributed by atoms with Crippen molar-refractivity contribution in [1.82, 2.24) is 9.80 Å². The Morgan fingerprint density at radius 3 is 2.52 bits per heavy atom. The zero-order valence-corrected chi connectivity index (χ0v) is 17.3. The van der Waals surface area contributed by atoms with Crippen LogP contribution in [0.3, 0.4) is 0 Å². The number of amides is 3. The standard InChI is InChI=1S/C23H25N3O5/c1-16(27)24-19-9-5-8-18(14-19)21-20(22(28)25-10-12-30-13-11-25)26(23(29)31-21)15-17-6-3-2-4-7-17/h2-9,14,20-21H,10-13,15H2,1H3,(H,24,27). The van der Waals surface area contributed by atoms with E-state index >= 15 is 0 Å². The van der Waals surface area contributed by atoms with Crippen molar-refractivity contribution in [2.75, 3.05) is 31.6 Å². The van der Waals surface area contributed by atoms with Crippen molar-refractivity contribution in [2.24, 2.45) is 0 Å². The zero-order chi connectivity index (χ0) is 21.8. The molecule has 2 fully saturated rings. The lowest BCUT2D eigenvalue weighted by molar-refractivity contribution is -0.141. The number of nitrogens with zero attached hydrogens (tertiary/aromatic N) is 2. The molecule has 8 nitrogen and oxygen atoms in total. The van der Waals surface area contributed by atoms with Gasteiger partial charge in [0.15, 0.2) is 12.1 Å². The smallest absolute Gasteiger partial charge is 0.411 e. The monoisotopic (exact) mass is 423 g/mol. The van der Waals surface area contributed by atoms with Crippen molar-refractivity contribution in [3.05, 3.63) is 65.7 Å². The third kappa shape index (κ3) is 4.69. The van der Waals surface area contributed by atoms with Crippen LogP contribution >= 0.6 is 0 Å². The minimum atomic E-state index is -0.807. The highest BCUT2D eigenvalue weighted by Crippen LogP contribution is 2.36. The van der Waals surface area contributed by atoms with Gasteiger partial charge in [0.05, 0.1) is 19.8 Å². The molecule has 0 saturated carbocycles. The topological polar surface area (TPSA) is 88.2 Å². The number of hydrogen-bond donors (Lipinski definition) is 1. The number of carbonyl (C=O) groups is 3. The van der Waals surface area contributed by atoms with Crippen molar-refractivity contribution >= 4 is 23.6 Å². The van der Waals surface area contributed by atoms with E-state index in [2.05, 4.69) is 5.32 Å². The minimum Gasteiger partial charge on any atom is -0.438 e. The van der Waals surface area contributed by atoms with E-state index in [0.717, 1.165) is 5.56 Å². The van der Waals surface area contributed by atoms with E-state index in [1.807, 2.05) is 30.3 Å². The molecule has 3 amide bonds. The van der Waals surface area contributed by atoms with Crippen LogP contribution in [0.5, 0.6) is 0 Å². The molecule has 2 aliphatic rings. The molecular weight excluding hydrogens is 398 g/mol. The fraction of sp³-hybridized carbons (Fsp3) is 0.348. The highest BCUT2D eigenvalue weighted by molar-refractivity contribution is 5.90. The van der Waals surface area contributed by atoms with Crippen molar-refractivity contribution < 1.29 is 23.9 Å². The average Bonchev–Trinajstić information content (AvgIpc) is 3.10. The van der Waals surface area contributed by atoms with Gasteiger partial charge in [-0.25, -0.2) is 4.79 Å². The molecule has 0 radical (unpaired) electrons. The van der Waals surface area contributed by atoms with Gasteiger partial charge in [0.2, 0.25) is 11.8 Å². The SMILES string of the molecule is CC(=O)Nc1cccc(C2OC(=O)N(Cc3ccccc3)C2C(=O)N2CCOCC2)c1. The van der Waals surface area contributed by atoms with E-state index in [9.17, 15) is 14.4 Å². The van der Waals surface area contributed by atoms with E-state index < -0.39 is 18.2 Å². The van der Waals surface area contributed by atoms with Crippen LogP contribution in [0.1, 0.15) is 24.2 Å². The maximum absolute atomic E-state index is 13.5. The van der Waals surface area contributed by atoms with Gasteiger partial charge in [-0.05, 0) is 23.3 Å². The van der Waals surface area contributed by atoms with E-state index in [4.69, 9.17) is 9.47 Å². The second-order valence-corrected chi connectivity index (χ2v) is 7.61. The maximum Gasteiger partial charge on any atom is 0.411 e. The molecule has 162 valence electrons. The number of benzene rings is 2. The van der Waals surface area contributed by atoms with E-state index in [0.29, 0.717) is 37.6 Å². The lowest BCUT2D eigenvalue weighted by Gasteiger charge is -2.33. The van der Waals surface area contributed by atoms with E-state index in [1.54, 1.807) is 29.2 Å². The Morgan fingerprint density at radius 1 is 1.06 bits per heavy atom. The van der Waals surface area contributed by atoms with Crippen LogP contribution in [0.4, 0.5) is 10.5 Å². The summed E-state index contributed by atoms with van der Waals surface area (Å²) in [6, 6.07) is 15.8. The Kier molecular flexibility index (Phi) is 6.18. The van der Waals surface area contributed by atoms with Crippen LogP contribution in [-0.4, -0.2) is 60.1 Å². The fourth-order valence-corrected chi connectivity index (χ4v) is 3.94. The number of anilines is 1. The normalized spacial score (nSPS) is 21.0. The summed E-state index contributed by atoms with van der Waals surface area (Å²) in [6.07, 6.45) is -1.31. The van der Waals surface area contributed by atoms with Crippen molar-refractivity contribution in [1.29, 1.82) is 0 Å². The highest BCUT2D eigenvalue weighted by atomic mass is 16.6. The predicted molar refractivity (Wildman–Crippen MR) is 113 cm³/mol. The summed E-state index contributed by atoms with van der Waals surface area (Å²) < 4.78 is 11.1. The second-order valence-electron chi connectivity index (χ2n) is 7.61. The average molecular weight is 423 g/mol. The molecule has 2 saturated heterocycles. The van der Waals surface area contributed by atoms with Gasteiger partial charge in [0.25, 0.3) is 0 Å². The number of morpholine rings is 1. The third-order valence-electron chi connectivity index (χ3n) is 5.39. The quantitative estimate of drug-likeness (QED) is 0.799. The van der Waals surface area contributed by atoms with Gasteiger partial charge >= 0.3 is 6.09 Å². The number of hydrogen-bond acceptors (Lipinski definition) is 5. The Morgan fingerprint density at radius 2 is 1.81 bits per heavy atom. The summed E-state index contributed by atoms with van der Waals surface area (Å²) in [4.78, 5) is 41.0. The third-order valence-corrected chi connectivity index (χ3v) is 5.39. The summed E-state index contributed by atoms with van der Waals surface area (Å²) in [5, 5.41) is 2.73. The summed E-state index contributed by atoms with van der Waals surface area (Å²) in [7, 11) is 0. The first-order valence-corrected chi connectivity index (χ1v) is 10.3. The molecule has 1 N–H and O–H groups in total. The molecule has 2 unspecified atom stereocenters. The van der Waals surface area contributed by atoms with Crippen molar-refractivity contribution in [3.63, 3.8) is 0 Å². The first-order chi connectivity index (χ1) is 15.0. The molecule has 2 aromatic rings. The molecule has 31 heavy (non-hydrogen) atoms. The van der Waals surface area contributed by atoms with Gasteiger partial charge in [-0.15, -0.1) is 0 Å². The van der Waals surface area contributed by atoms with Gasteiger partial charge < -0.3 is 19.7 Å². The van der Waals surface area contributed by atoms with Gasteiger partial charge in [0.1, 0.15) is 0 Å². The number of cyclic esters (lactones) is 1. The molecule has 0 bridgehead atoms. The molecule has 4 rings (SSSR count). The molecule has 0 aliphatic carbocycles. The fourth-order valence-electron chi connectivity index (χ4n) is 3.94. The first-order valence-electron chi connectivity index (χ1n) is 10.3. The Labute approximate surface area is 180 Å². The van der Waals surface area contributed by atoms with E-state index in [1.165, 1.54) is 11.8 Å². The van der Waals surface area contributed by atoms with Crippen molar-refractivity contribution in [2.45, 2.75) is 25.6 Å². The number of nitrogens with one attached hydrogen (secondary N) is 1. The largest absolute Gasteiger partial charge is 0.438 e. The van der Waals surface area contributed by atoms with Crippen molar-refractivity contribution in [3.8, 4) is 0 Å². The lowest BCUT2D eigenvalue weighted by atomic mass is 9.99. The Bertz CT molecular complexity index is 959. The number of rotatable bonds is 5. The van der Waals surface area contributed by atoms with E-state index in [-0.39, 0.29) is 18.4 Å². The van der Waals surface area contributed by atoms with Gasteiger partial charge in [-0.3, -0.25) is 14.5 Å². The van der Waals surface area contributed by atoms with Gasteiger partial charge in [-0.1, -0.05) is 42.5 Å². The summed E-state index contributed by atoms with van der Waals surface area (Å²) in [5.41, 5.74) is 2.15. The van der Waals surface area contributed by atoms with Gasteiger partial charge in [0, 0.05) is 25.7 Å². The molecule has 2 heterocycles. The zero-order valence-electron chi connectivity index (χ0n) is 17.3. The molecular formula is C23H25N3O5. The van der Waals surface area contributed by atoms with Crippen LogP contribution < -0.4 is 5.32 Å². The molecule has 8 heteroatoms. The first kappa shape index (κ1) is 20.9. The van der Waals surface area contributed by atoms with Crippen LogP contribution in [0.25, 0.3) is 0 Å². The van der Waals surface area contributed by atoms with Crippen LogP contribution in [0.15, 0.2) is 54.6 Å². The lowest BCUT2D eigenvalue weighted by Crippen LogP contribution is -2.51. The Hall–Kier alpha value is -3.39.